The molecule has 0 spiro atoms. The van der Waals surface area contributed by atoms with Gasteiger partial charge in [-0.05, 0) is 89.9 Å². The van der Waals surface area contributed by atoms with Gasteiger partial charge in [-0.15, -0.1) is 0 Å². The summed E-state index contributed by atoms with van der Waals surface area (Å²) in [5, 5.41) is 15.3. The highest BCUT2D eigenvalue weighted by molar-refractivity contribution is 9.10. The van der Waals surface area contributed by atoms with E-state index < -0.39 is 0 Å². The molecule has 2 aromatic carbocycles. The Hall–Kier alpha value is -2.12. The molecule has 25 heavy (non-hydrogen) atoms. The number of aromatic hydroxyl groups is 1. The van der Waals surface area contributed by atoms with Gasteiger partial charge in [0, 0.05) is 5.69 Å². The average molecular weight is 423 g/mol. The van der Waals surface area contributed by atoms with Gasteiger partial charge in [0.25, 0.3) is 5.91 Å². The number of nitrogens with one attached hydrogen (secondary N) is 2. The van der Waals surface area contributed by atoms with Crippen molar-refractivity contribution >= 4 is 44.9 Å². The molecular formula is C18H19BrN2O3S. The predicted octanol–water partition coefficient (Wildman–Crippen LogP) is 3.97. The Kier molecular flexibility index (Phi) is 6.39. The third-order valence-electron chi connectivity index (χ3n) is 3.61. The lowest BCUT2D eigenvalue weighted by Gasteiger charge is -2.12. The van der Waals surface area contributed by atoms with Crippen LogP contribution in [0.25, 0.3) is 0 Å². The molecule has 0 bridgehead atoms. The van der Waals surface area contributed by atoms with E-state index in [-0.39, 0.29) is 23.4 Å². The van der Waals surface area contributed by atoms with E-state index >= 15 is 0 Å². The van der Waals surface area contributed by atoms with Crippen molar-refractivity contribution in [3.63, 3.8) is 0 Å². The maximum Gasteiger partial charge on any atom is 0.264 e. The SMILES string of the molecule is Cc1ccc(OCC(=O)NC(=S)Nc2cc(C)c(O)c(Br)c2)cc1C. The van der Waals surface area contributed by atoms with Crippen molar-refractivity contribution in [1.82, 2.24) is 5.32 Å². The van der Waals surface area contributed by atoms with Crippen LogP contribution in [0.3, 0.4) is 0 Å². The number of amides is 1. The first-order valence-corrected chi connectivity index (χ1v) is 8.76. The van der Waals surface area contributed by atoms with Crippen LogP contribution in [0.2, 0.25) is 0 Å². The van der Waals surface area contributed by atoms with E-state index in [0.29, 0.717) is 21.5 Å². The smallest absolute Gasteiger partial charge is 0.264 e. The summed E-state index contributed by atoms with van der Waals surface area (Å²) in [5.74, 6) is 0.447. The third kappa shape index (κ3) is 5.44. The molecule has 5 nitrogen and oxygen atoms in total. The minimum absolute atomic E-state index is 0.136. The number of ether oxygens (including phenoxy) is 1. The van der Waals surface area contributed by atoms with Crippen LogP contribution in [0.15, 0.2) is 34.8 Å². The molecular weight excluding hydrogens is 404 g/mol. The highest BCUT2D eigenvalue weighted by atomic mass is 79.9. The van der Waals surface area contributed by atoms with E-state index in [0.717, 1.165) is 11.1 Å². The lowest BCUT2D eigenvalue weighted by Crippen LogP contribution is -2.37. The fourth-order valence-corrected chi connectivity index (χ4v) is 2.88. The second kappa shape index (κ2) is 8.31. The average Bonchev–Trinajstić information content (AvgIpc) is 2.53. The lowest BCUT2D eigenvalue weighted by atomic mass is 10.1. The molecule has 0 saturated carbocycles. The summed E-state index contributed by atoms with van der Waals surface area (Å²) < 4.78 is 6.01. The van der Waals surface area contributed by atoms with Crippen LogP contribution in [0.5, 0.6) is 11.5 Å². The standard InChI is InChI=1S/C18H19BrN2O3S/c1-10-4-5-14(7-11(10)2)24-9-16(22)21-18(25)20-13-6-12(3)17(23)15(19)8-13/h4-8,23H,9H2,1-3H3,(H2,20,21,22,25). The van der Waals surface area contributed by atoms with Crippen LogP contribution in [0, 0.1) is 20.8 Å². The van der Waals surface area contributed by atoms with Crippen molar-refractivity contribution in [3.05, 3.63) is 51.5 Å². The van der Waals surface area contributed by atoms with Crippen LogP contribution < -0.4 is 15.4 Å². The van der Waals surface area contributed by atoms with Crippen LogP contribution in [-0.4, -0.2) is 22.7 Å². The fourth-order valence-electron chi connectivity index (χ4n) is 2.09. The van der Waals surface area contributed by atoms with E-state index in [9.17, 15) is 9.90 Å². The second-order valence-electron chi connectivity index (χ2n) is 5.66. The van der Waals surface area contributed by atoms with Crippen LogP contribution in [-0.2, 0) is 4.79 Å². The van der Waals surface area contributed by atoms with Crippen molar-refractivity contribution < 1.29 is 14.6 Å². The van der Waals surface area contributed by atoms with Crippen molar-refractivity contribution in [3.8, 4) is 11.5 Å². The molecule has 0 saturated heterocycles. The number of phenols is 1. The van der Waals surface area contributed by atoms with Gasteiger partial charge < -0.3 is 15.2 Å². The van der Waals surface area contributed by atoms with Crippen LogP contribution in [0.4, 0.5) is 5.69 Å². The zero-order valence-electron chi connectivity index (χ0n) is 14.1. The van der Waals surface area contributed by atoms with Crippen LogP contribution in [0.1, 0.15) is 16.7 Å². The van der Waals surface area contributed by atoms with E-state index in [1.165, 1.54) is 0 Å². The number of benzene rings is 2. The van der Waals surface area contributed by atoms with Crippen molar-refractivity contribution in [2.24, 2.45) is 0 Å². The number of hydrogen-bond acceptors (Lipinski definition) is 4. The summed E-state index contributed by atoms with van der Waals surface area (Å²) in [4.78, 5) is 11.9. The molecule has 0 atom stereocenters. The van der Waals surface area contributed by atoms with Gasteiger partial charge in [-0.3, -0.25) is 10.1 Å². The number of aryl methyl sites for hydroxylation is 3. The first kappa shape index (κ1) is 19.2. The summed E-state index contributed by atoms with van der Waals surface area (Å²) in [5.41, 5.74) is 3.60. The summed E-state index contributed by atoms with van der Waals surface area (Å²) in [6.45, 7) is 5.63. The molecule has 0 aliphatic rings. The molecule has 0 fully saturated rings. The number of thiocarbonyl (C=S) groups is 1. The minimum atomic E-state index is -0.356. The minimum Gasteiger partial charge on any atom is -0.506 e. The van der Waals surface area contributed by atoms with E-state index in [1.807, 2.05) is 32.0 Å². The van der Waals surface area contributed by atoms with Gasteiger partial charge in [0.05, 0.1) is 4.47 Å². The Bertz CT molecular complexity index is 801. The first-order valence-electron chi connectivity index (χ1n) is 7.56. The molecule has 2 rings (SSSR count). The van der Waals surface area contributed by atoms with Gasteiger partial charge in [-0.25, -0.2) is 0 Å². The Balaban J connectivity index is 1.87. The number of hydrogen-bond donors (Lipinski definition) is 3. The fraction of sp³-hybridized carbons (Fsp3) is 0.222. The molecule has 132 valence electrons. The third-order valence-corrected chi connectivity index (χ3v) is 4.42. The molecule has 0 aliphatic carbocycles. The Labute approximate surface area is 160 Å². The largest absolute Gasteiger partial charge is 0.506 e. The van der Waals surface area contributed by atoms with Crippen molar-refractivity contribution in [2.75, 3.05) is 11.9 Å². The van der Waals surface area contributed by atoms with Gasteiger partial charge in [-0.1, -0.05) is 6.07 Å². The molecule has 0 heterocycles. The zero-order chi connectivity index (χ0) is 18.6. The lowest BCUT2D eigenvalue weighted by molar-refractivity contribution is -0.121. The van der Waals surface area contributed by atoms with Crippen molar-refractivity contribution in [2.45, 2.75) is 20.8 Å². The molecule has 0 aromatic heterocycles. The summed E-state index contributed by atoms with van der Waals surface area (Å²) >= 11 is 8.38. The highest BCUT2D eigenvalue weighted by Crippen LogP contribution is 2.30. The monoisotopic (exact) mass is 422 g/mol. The molecule has 0 aliphatic heterocycles. The number of halogens is 1. The highest BCUT2D eigenvalue weighted by Gasteiger charge is 2.09. The maximum atomic E-state index is 11.9. The molecule has 0 unspecified atom stereocenters. The van der Waals surface area contributed by atoms with Gasteiger partial charge in [0.2, 0.25) is 0 Å². The molecule has 3 N–H and O–H groups in total. The van der Waals surface area contributed by atoms with E-state index in [4.69, 9.17) is 17.0 Å². The maximum absolute atomic E-state index is 11.9. The van der Waals surface area contributed by atoms with Gasteiger partial charge in [0.1, 0.15) is 11.5 Å². The summed E-state index contributed by atoms with van der Waals surface area (Å²) in [7, 11) is 0. The van der Waals surface area contributed by atoms with Gasteiger partial charge in [0.15, 0.2) is 11.7 Å². The number of phenolic OH excluding ortho intramolecular Hbond substituents is 1. The predicted molar refractivity (Wildman–Crippen MR) is 106 cm³/mol. The summed E-state index contributed by atoms with van der Waals surface area (Å²) in [6, 6.07) is 9.05. The molecule has 7 heteroatoms. The van der Waals surface area contributed by atoms with Crippen LogP contribution >= 0.6 is 28.1 Å². The number of rotatable bonds is 4. The second-order valence-corrected chi connectivity index (χ2v) is 6.92. The number of anilines is 1. The van der Waals surface area contributed by atoms with Crippen molar-refractivity contribution in [1.29, 1.82) is 0 Å². The number of carbonyl (C=O) groups excluding carboxylic acids is 1. The molecule has 0 radical (unpaired) electrons. The zero-order valence-corrected chi connectivity index (χ0v) is 16.5. The summed E-state index contributed by atoms with van der Waals surface area (Å²) in [6.07, 6.45) is 0. The van der Waals surface area contributed by atoms with Gasteiger partial charge >= 0.3 is 0 Å². The Morgan fingerprint density at radius 2 is 1.88 bits per heavy atom. The topological polar surface area (TPSA) is 70.6 Å². The van der Waals surface area contributed by atoms with E-state index in [2.05, 4.69) is 26.6 Å². The van der Waals surface area contributed by atoms with Gasteiger partial charge in [-0.2, -0.15) is 0 Å². The van der Waals surface area contributed by atoms with E-state index in [1.54, 1.807) is 19.1 Å². The first-order chi connectivity index (χ1) is 11.8. The normalized spacial score (nSPS) is 10.2. The quantitative estimate of drug-likeness (QED) is 0.513. The Morgan fingerprint density at radius 3 is 2.52 bits per heavy atom. The number of carbonyl (C=O) groups is 1. The Morgan fingerprint density at radius 1 is 1.16 bits per heavy atom. The molecule has 2 aromatic rings. The molecule has 1 amide bonds.